The average molecular weight is 245 g/mol. The molecule has 0 aliphatic carbocycles. The van der Waals surface area contributed by atoms with Crippen LogP contribution in [0.5, 0.6) is 0 Å². The van der Waals surface area contributed by atoms with E-state index in [4.69, 9.17) is 0 Å². The van der Waals surface area contributed by atoms with E-state index in [1.165, 1.54) is 6.92 Å². The molecule has 0 saturated carbocycles. The molecule has 0 saturated heterocycles. The number of nitrogens with one attached hydrogen (secondary N) is 1. The summed E-state index contributed by atoms with van der Waals surface area (Å²) in [6.45, 7) is 1.05. The van der Waals surface area contributed by atoms with Crippen molar-refractivity contribution < 1.29 is 23.8 Å². The van der Waals surface area contributed by atoms with Gasteiger partial charge in [-0.1, -0.05) is 0 Å². The number of carbonyl (C=O) groups is 1. The highest BCUT2D eigenvalue weighted by Crippen LogP contribution is 2.19. The SMILES string of the molecule is CC(=O)NCC(O)C(O)c1cc(F)cc(F)c1. The van der Waals surface area contributed by atoms with Gasteiger partial charge in [0.1, 0.15) is 23.8 Å². The van der Waals surface area contributed by atoms with Crippen molar-refractivity contribution >= 4 is 5.91 Å². The molecule has 1 aromatic carbocycles. The summed E-state index contributed by atoms with van der Waals surface area (Å²) < 4.78 is 25.7. The number of amides is 1. The Morgan fingerprint density at radius 1 is 1.29 bits per heavy atom. The van der Waals surface area contributed by atoms with Gasteiger partial charge in [-0.25, -0.2) is 8.78 Å². The van der Waals surface area contributed by atoms with Gasteiger partial charge in [-0.3, -0.25) is 4.79 Å². The summed E-state index contributed by atoms with van der Waals surface area (Å²) in [5.74, 6) is -2.06. The van der Waals surface area contributed by atoms with Crippen molar-refractivity contribution in [2.24, 2.45) is 0 Å². The highest BCUT2D eigenvalue weighted by atomic mass is 19.1. The van der Waals surface area contributed by atoms with Crippen molar-refractivity contribution in [2.45, 2.75) is 19.1 Å². The van der Waals surface area contributed by atoms with Crippen LogP contribution in [0.25, 0.3) is 0 Å². The molecule has 0 heterocycles. The van der Waals surface area contributed by atoms with Gasteiger partial charge < -0.3 is 15.5 Å². The summed E-state index contributed by atoms with van der Waals surface area (Å²) in [6, 6.07) is 2.51. The molecule has 2 atom stereocenters. The van der Waals surface area contributed by atoms with E-state index in [0.29, 0.717) is 6.07 Å². The molecule has 6 heteroatoms. The topological polar surface area (TPSA) is 69.6 Å². The van der Waals surface area contributed by atoms with Gasteiger partial charge >= 0.3 is 0 Å². The summed E-state index contributed by atoms with van der Waals surface area (Å²) >= 11 is 0. The molecule has 0 radical (unpaired) electrons. The molecule has 94 valence electrons. The quantitative estimate of drug-likeness (QED) is 0.723. The smallest absolute Gasteiger partial charge is 0.216 e. The lowest BCUT2D eigenvalue weighted by Gasteiger charge is -2.18. The van der Waals surface area contributed by atoms with Crippen LogP contribution in [0.15, 0.2) is 18.2 Å². The van der Waals surface area contributed by atoms with Gasteiger partial charge in [-0.2, -0.15) is 0 Å². The molecule has 1 rings (SSSR count). The van der Waals surface area contributed by atoms with Crippen molar-refractivity contribution in [1.82, 2.24) is 5.32 Å². The van der Waals surface area contributed by atoms with Crippen LogP contribution in [0, 0.1) is 11.6 Å². The van der Waals surface area contributed by atoms with Crippen molar-refractivity contribution in [2.75, 3.05) is 6.54 Å². The van der Waals surface area contributed by atoms with Crippen LogP contribution in [-0.4, -0.2) is 28.8 Å². The zero-order chi connectivity index (χ0) is 13.0. The number of benzene rings is 1. The predicted octanol–water partition coefficient (Wildman–Crippen LogP) is 0.495. The number of aliphatic hydroxyl groups excluding tert-OH is 2. The Morgan fingerprint density at radius 3 is 2.29 bits per heavy atom. The summed E-state index contributed by atoms with van der Waals surface area (Å²) in [5, 5.41) is 21.4. The molecule has 1 aromatic rings. The molecule has 0 bridgehead atoms. The maximum atomic E-state index is 12.9. The van der Waals surface area contributed by atoms with Crippen LogP contribution in [-0.2, 0) is 4.79 Å². The van der Waals surface area contributed by atoms with Gasteiger partial charge in [0, 0.05) is 19.5 Å². The van der Waals surface area contributed by atoms with Crippen LogP contribution in [0.1, 0.15) is 18.6 Å². The van der Waals surface area contributed by atoms with E-state index in [0.717, 1.165) is 12.1 Å². The summed E-state index contributed by atoms with van der Waals surface area (Å²) in [5.41, 5.74) is -0.0830. The summed E-state index contributed by atoms with van der Waals surface area (Å²) in [4.78, 5) is 10.6. The Labute approximate surface area is 96.9 Å². The van der Waals surface area contributed by atoms with Crippen LogP contribution in [0.4, 0.5) is 8.78 Å². The summed E-state index contributed by atoms with van der Waals surface area (Å²) in [6.07, 6.45) is -2.80. The molecular weight excluding hydrogens is 232 g/mol. The van der Waals surface area contributed by atoms with Gasteiger partial charge in [0.2, 0.25) is 5.91 Å². The van der Waals surface area contributed by atoms with Crippen LogP contribution >= 0.6 is 0 Å². The van der Waals surface area contributed by atoms with E-state index in [-0.39, 0.29) is 18.0 Å². The van der Waals surface area contributed by atoms with Crippen LogP contribution in [0.2, 0.25) is 0 Å². The normalized spacial score (nSPS) is 14.2. The predicted molar refractivity (Wildman–Crippen MR) is 56.0 cm³/mol. The molecule has 0 fully saturated rings. The Morgan fingerprint density at radius 2 is 1.82 bits per heavy atom. The van der Waals surface area contributed by atoms with Crippen molar-refractivity contribution in [1.29, 1.82) is 0 Å². The summed E-state index contributed by atoms with van der Waals surface area (Å²) in [7, 11) is 0. The van der Waals surface area contributed by atoms with Gasteiger partial charge in [0.25, 0.3) is 0 Å². The molecule has 2 unspecified atom stereocenters. The minimum absolute atomic E-state index is 0.0830. The van der Waals surface area contributed by atoms with Gasteiger partial charge in [-0.15, -0.1) is 0 Å². The third-order valence-corrected chi connectivity index (χ3v) is 2.15. The third kappa shape index (κ3) is 4.08. The maximum absolute atomic E-state index is 12.9. The minimum atomic E-state index is -1.47. The highest BCUT2D eigenvalue weighted by molar-refractivity contribution is 5.72. The van der Waals surface area contributed by atoms with E-state index in [9.17, 15) is 23.8 Å². The molecule has 4 nitrogen and oxygen atoms in total. The van der Waals surface area contributed by atoms with E-state index in [2.05, 4.69) is 5.32 Å². The molecule has 0 aromatic heterocycles. The lowest BCUT2D eigenvalue weighted by Crippen LogP contribution is -2.34. The molecule has 3 N–H and O–H groups in total. The number of hydrogen-bond donors (Lipinski definition) is 3. The van der Waals surface area contributed by atoms with Crippen molar-refractivity contribution in [3.63, 3.8) is 0 Å². The van der Waals surface area contributed by atoms with E-state index in [1.807, 2.05) is 0 Å². The molecule has 1 amide bonds. The zero-order valence-corrected chi connectivity index (χ0v) is 9.15. The first-order valence-electron chi connectivity index (χ1n) is 4.96. The number of aliphatic hydroxyl groups is 2. The number of carbonyl (C=O) groups excluding carboxylic acids is 1. The Hall–Kier alpha value is -1.53. The molecule has 17 heavy (non-hydrogen) atoms. The Kier molecular flexibility index (Phi) is 4.53. The monoisotopic (exact) mass is 245 g/mol. The van der Waals surface area contributed by atoms with Crippen molar-refractivity contribution in [3.8, 4) is 0 Å². The lowest BCUT2D eigenvalue weighted by atomic mass is 10.0. The Bertz CT molecular complexity index is 391. The lowest BCUT2D eigenvalue weighted by molar-refractivity contribution is -0.119. The zero-order valence-electron chi connectivity index (χ0n) is 9.15. The van der Waals surface area contributed by atoms with E-state index in [1.54, 1.807) is 0 Å². The second kappa shape index (κ2) is 5.70. The average Bonchev–Trinajstić information content (AvgIpc) is 2.23. The molecule has 0 spiro atoms. The molecule has 0 aliphatic rings. The minimum Gasteiger partial charge on any atom is -0.388 e. The first-order valence-corrected chi connectivity index (χ1v) is 4.96. The Balaban J connectivity index is 2.73. The number of halogens is 2. The van der Waals surface area contributed by atoms with Crippen LogP contribution < -0.4 is 5.32 Å². The number of hydrogen-bond acceptors (Lipinski definition) is 3. The largest absolute Gasteiger partial charge is 0.388 e. The fraction of sp³-hybridized carbons (Fsp3) is 0.364. The van der Waals surface area contributed by atoms with Crippen molar-refractivity contribution in [3.05, 3.63) is 35.4 Å². The molecular formula is C11H13F2NO3. The van der Waals surface area contributed by atoms with Gasteiger partial charge in [0.05, 0.1) is 0 Å². The van der Waals surface area contributed by atoms with Gasteiger partial charge in [-0.05, 0) is 17.7 Å². The second-order valence-corrected chi connectivity index (χ2v) is 3.65. The third-order valence-electron chi connectivity index (χ3n) is 2.15. The maximum Gasteiger partial charge on any atom is 0.216 e. The highest BCUT2D eigenvalue weighted by Gasteiger charge is 2.19. The van der Waals surface area contributed by atoms with Crippen LogP contribution in [0.3, 0.4) is 0 Å². The molecule has 0 aliphatic heterocycles. The van der Waals surface area contributed by atoms with E-state index < -0.39 is 23.8 Å². The first kappa shape index (κ1) is 13.5. The fourth-order valence-corrected chi connectivity index (χ4v) is 1.33. The van der Waals surface area contributed by atoms with Gasteiger partial charge in [0.15, 0.2) is 0 Å². The van der Waals surface area contributed by atoms with E-state index >= 15 is 0 Å². The standard InChI is InChI=1S/C11H13F2NO3/c1-6(15)14-5-10(16)11(17)7-2-8(12)4-9(13)3-7/h2-4,10-11,16-17H,5H2,1H3,(H,14,15). The second-order valence-electron chi connectivity index (χ2n) is 3.65. The first-order chi connectivity index (χ1) is 7.90. The number of rotatable bonds is 4. The fourth-order valence-electron chi connectivity index (χ4n) is 1.33.